The van der Waals surface area contributed by atoms with Gasteiger partial charge in [-0.05, 0) is 82.6 Å². The average molecular weight is 1090 g/mol. The first-order chi connectivity index (χ1) is 38.1. The number of nitro groups is 4. The molecule has 0 amide bonds. The van der Waals surface area contributed by atoms with E-state index in [0.29, 0.717) is 24.3 Å². The van der Waals surface area contributed by atoms with E-state index in [4.69, 9.17) is 18.9 Å². The van der Waals surface area contributed by atoms with Crippen molar-refractivity contribution in [2.24, 2.45) is 32.9 Å². The summed E-state index contributed by atoms with van der Waals surface area (Å²) in [5, 5.41) is 54.6. The van der Waals surface area contributed by atoms with E-state index in [1.54, 1.807) is 28.4 Å². The van der Waals surface area contributed by atoms with Crippen molar-refractivity contribution in [2.45, 2.75) is 66.6 Å². The molecule has 0 fully saturated rings. The van der Waals surface area contributed by atoms with Crippen LogP contribution in [0.5, 0.6) is 11.5 Å². The number of nitro benzene ring substituents is 4. The second-order valence-corrected chi connectivity index (χ2v) is 20.2. The van der Waals surface area contributed by atoms with E-state index >= 15 is 0 Å². The molecule has 0 aromatic heterocycles. The summed E-state index contributed by atoms with van der Waals surface area (Å²) in [6, 6.07) is 40.4. The third kappa shape index (κ3) is 17.8. The van der Waals surface area contributed by atoms with Gasteiger partial charge >= 0.3 is 11.4 Å². The summed E-state index contributed by atoms with van der Waals surface area (Å²) in [6.45, 7) is 12.4. The Labute approximate surface area is 464 Å². The zero-order valence-electron chi connectivity index (χ0n) is 46.2. The Morgan fingerprint density at radius 2 is 0.825 bits per heavy atom. The maximum atomic E-state index is 11.6. The smallest absolute Gasteiger partial charge is 0.301 e. The minimum Gasteiger partial charge on any atom is -0.497 e. The molecule has 6 aromatic carbocycles. The molecule has 4 atom stereocenters. The highest BCUT2D eigenvalue weighted by Gasteiger charge is 2.34. The molecule has 2 N–H and O–H groups in total. The van der Waals surface area contributed by atoms with Crippen LogP contribution in [0.15, 0.2) is 156 Å². The number of hydrogen-bond acceptors (Lipinski definition) is 16. The van der Waals surface area contributed by atoms with Gasteiger partial charge in [0.1, 0.15) is 22.9 Å². The van der Waals surface area contributed by atoms with E-state index < -0.39 is 31.1 Å². The van der Waals surface area contributed by atoms with Gasteiger partial charge in [0.05, 0.1) is 81.5 Å². The first-order valence-electron chi connectivity index (χ1n) is 25.0. The van der Waals surface area contributed by atoms with E-state index in [9.17, 15) is 40.5 Å². The maximum absolute atomic E-state index is 11.6. The van der Waals surface area contributed by atoms with Gasteiger partial charge in [-0.25, -0.2) is 0 Å². The highest BCUT2D eigenvalue weighted by Crippen LogP contribution is 2.35. The number of methoxy groups -OCH3 is 4. The van der Waals surface area contributed by atoms with Gasteiger partial charge in [0, 0.05) is 50.3 Å². The Hall–Kier alpha value is -9.50. The summed E-state index contributed by atoms with van der Waals surface area (Å²) >= 11 is 0. The molecule has 0 heterocycles. The van der Waals surface area contributed by atoms with Crippen LogP contribution in [0, 0.1) is 86.8 Å². The van der Waals surface area contributed by atoms with Crippen LogP contribution >= 0.6 is 0 Å². The summed E-state index contributed by atoms with van der Waals surface area (Å²) < 4.78 is 22.3. The predicted molar refractivity (Wildman–Crippen MR) is 309 cm³/mol. The molecular weight excluding hydrogens is 1020 g/mol. The van der Waals surface area contributed by atoms with Gasteiger partial charge in [-0.1, -0.05) is 126 Å². The molecule has 20 nitrogen and oxygen atoms in total. The Balaban J connectivity index is 0.000000294. The Morgan fingerprint density at radius 1 is 0.487 bits per heavy atom. The zero-order valence-corrected chi connectivity index (χ0v) is 46.2. The molecule has 0 saturated carbocycles. The van der Waals surface area contributed by atoms with Crippen molar-refractivity contribution >= 4 is 45.5 Å². The molecule has 0 aliphatic rings. The molecule has 6 rings (SSSR count). The van der Waals surface area contributed by atoms with E-state index in [1.165, 1.54) is 24.3 Å². The van der Waals surface area contributed by atoms with E-state index in [0.717, 1.165) is 45.9 Å². The Kier molecular flexibility index (Phi) is 22.1. The molecule has 0 spiro atoms. The molecule has 80 heavy (non-hydrogen) atoms. The van der Waals surface area contributed by atoms with Crippen molar-refractivity contribution in [3.8, 4) is 35.2 Å². The van der Waals surface area contributed by atoms with Crippen molar-refractivity contribution in [2.75, 3.05) is 39.3 Å². The lowest BCUT2D eigenvalue weighted by atomic mass is 9.78. The van der Waals surface area contributed by atoms with Gasteiger partial charge in [-0.3, -0.25) is 51.3 Å². The highest BCUT2D eigenvalue weighted by molar-refractivity contribution is 6.02. The van der Waals surface area contributed by atoms with E-state index in [2.05, 4.69) is 86.3 Å². The van der Waals surface area contributed by atoms with Crippen LogP contribution in [0.2, 0.25) is 0 Å². The summed E-state index contributed by atoms with van der Waals surface area (Å²) in [7, 11) is 6.51. The number of ether oxygens (including phenoxy) is 4. The molecule has 0 unspecified atom stereocenters. The number of hydrazone groups is 2. The van der Waals surface area contributed by atoms with Gasteiger partial charge < -0.3 is 18.9 Å². The number of non-ortho nitro benzene ring substituents is 2. The number of benzene rings is 6. The molecule has 0 bridgehead atoms. The Bertz CT molecular complexity index is 3060. The van der Waals surface area contributed by atoms with Crippen LogP contribution in [0.1, 0.15) is 76.6 Å². The predicted octanol–water partition coefficient (Wildman–Crippen LogP) is 12.9. The van der Waals surface area contributed by atoms with Crippen LogP contribution in [0.25, 0.3) is 0 Å². The quantitative estimate of drug-likeness (QED) is 0.0312. The summed E-state index contributed by atoms with van der Waals surface area (Å²) in [5.41, 5.74) is 7.79. The highest BCUT2D eigenvalue weighted by atomic mass is 16.6. The normalized spacial score (nSPS) is 13.0. The topological polar surface area (TPSA) is 258 Å². The van der Waals surface area contributed by atoms with Gasteiger partial charge in [-0.2, -0.15) is 10.2 Å². The fourth-order valence-corrected chi connectivity index (χ4v) is 8.56. The second kappa shape index (κ2) is 28.8. The van der Waals surface area contributed by atoms with Gasteiger partial charge in [0.25, 0.3) is 11.4 Å². The minimum atomic E-state index is -0.684. The van der Waals surface area contributed by atoms with Crippen LogP contribution in [0.4, 0.5) is 34.1 Å². The van der Waals surface area contributed by atoms with Crippen molar-refractivity contribution in [3.63, 3.8) is 0 Å². The van der Waals surface area contributed by atoms with Gasteiger partial charge in [-0.15, -0.1) is 0 Å². The molecule has 0 radical (unpaired) electrons. The molecular formula is C60H64N8O12. The fourth-order valence-electron chi connectivity index (χ4n) is 8.56. The molecule has 416 valence electrons. The largest absolute Gasteiger partial charge is 0.497 e. The van der Waals surface area contributed by atoms with Crippen LogP contribution in [0.3, 0.4) is 0 Å². The van der Waals surface area contributed by atoms with Crippen molar-refractivity contribution in [1.29, 1.82) is 0 Å². The number of anilines is 2. The minimum absolute atomic E-state index is 0.0315. The fraction of sp³-hybridized carbons (Fsp3) is 0.300. The third-order valence-electron chi connectivity index (χ3n) is 12.4. The van der Waals surface area contributed by atoms with Gasteiger partial charge in [0.2, 0.25) is 0 Å². The number of hydrogen-bond donors (Lipinski definition) is 2. The average Bonchev–Trinajstić information content (AvgIpc) is 3.45. The second-order valence-electron chi connectivity index (χ2n) is 20.2. The lowest BCUT2D eigenvalue weighted by molar-refractivity contribution is -0.393. The van der Waals surface area contributed by atoms with Crippen LogP contribution in [-0.4, -0.2) is 71.8 Å². The van der Waals surface area contributed by atoms with Crippen molar-refractivity contribution in [1.82, 2.24) is 0 Å². The number of nitrogens with one attached hydrogen (secondary N) is 2. The first kappa shape index (κ1) is 61.4. The molecule has 6 aromatic rings. The number of nitrogens with zero attached hydrogens (tertiary/aromatic N) is 6. The summed E-state index contributed by atoms with van der Waals surface area (Å²) in [5.74, 6) is 14.1. The standard InChI is InChI=1S/2C30H32N4O6/c2*1-30(2,3)29(40-5)23(14-11-21-12-16-25(39-4)17-13-21)19-27(22-9-7-6-8-10-22)32-31-26-18-15-24(33(35)36)20-28(26)34(37)38/h2*6-10,12-13,15-18,20,23,29,31H,19H2,1-5H3/b2*32-27+/t2*23-,29+/m11/s1. The summed E-state index contributed by atoms with van der Waals surface area (Å²) in [6.07, 6.45) is 0.162. The lowest BCUT2D eigenvalue weighted by Crippen LogP contribution is -2.36. The zero-order chi connectivity index (χ0) is 58.6. The third-order valence-corrected chi connectivity index (χ3v) is 12.4. The lowest BCUT2D eigenvalue weighted by Gasteiger charge is -2.34. The SMILES string of the molecule is COc1ccc(C#C[C@H](C/C(=N\Nc2ccc([N+](=O)[O-])cc2[N+](=O)[O-])c2ccccc2)[C@H](OC)C(C)(C)C)cc1.COc1ccc(C#C[C@H](C/C(=N\Nc2ccc([N+](=O)[O-])cc2[N+](=O)[O-])c2ccccc2)[C@H](OC)C(C)(C)C)cc1. The number of rotatable bonds is 20. The first-order valence-corrected chi connectivity index (χ1v) is 25.0. The van der Waals surface area contributed by atoms with Crippen LogP contribution < -0.4 is 20.3 Å². The van der Waals surface area contributed by atoms with Crippen molar-refractivity contribution < 1.29 is 38.6 Å². The molecule has 0 aliphatic heterocycles. The van der Waals surface area contributed by atoms with Gasteiger partial charge in [0.15, 0.2) is 0 Å². The van der Waals surface area contributed by atoms with Crippen molar-refractivity contribution in [3.05, 3.63) is 208 Å². The molecule has 0 saturated heterocycles. The Morgan fingerprint density at radius 3 is 1.10 bits per heavy atom. The monoisotopic (exact) mass is 1090 g/mol. The summed E-state index contributed by atoms with van der Waals surface area (Å²) in [4.78, 5) is 42.8. The van der Waals surface area contributed by atoms with E-state index in [1.807, 2.05) is 109 Å². The van der Waals surface area contributed by atoms with Crippen LogP contribution in [-0.2, 0) is 9.47 Å². The molecule has 0 aliphatic carbocycles. The molecule has 20 heteroatoms. The van der Waals surface area contributed by atoms with E-state index in [-0.39, 0.29) is 57.6 Å². The maximum Gasteiger partial charge on any atom is 0.301 e.